The summed E-state index contributed by atoms with van der Waals surface area (Å²) in [5.74, 6) is 1.65. The Kier molecular flexibility index (Phi) is 6.71. The van der Waals surface area contributed by atoms with Gasteiger partial charge in [0.25, 0.3) is 5.91 Å². The molecule has 0 aliphatic heterocycles. The number of nitrogens with one attached hydrogen (secondary N) is 1. The van der Waals surface area contributed by atoms with Gasteiger partial charge >= 0.3 is 0 Å². The fourth-order valence-corrected chi connectivity index (χ4v) is 3.57. The zero-order valence-corrected chi connectivity index (χ0v) is 16.0. The van der Waals surface area contributed by atoms with Gasteiger partial charge in [-0.15, -0.1) is 0 Å². The van der Waals surface area contributed by atoms with Gasteiger partial charge in [0, 0.05) is 23.4 Å². The maximum Gasteiger partial charge on any atom is 0.260 e. The summed E-state index contributed by atoms with van der Waals surface area (Å²) in [6, 6.07) is 20.5. The molecule has 0 bridgehead atoms. The van der Waals surface area contributed by atoms with Gasteiger partial charge < -0.3 is 10.1 Å². The number of carbonyl (C=O) groups is 1. The molecule has 3 nitrogen and oxygen atoms in total. The lowest BCUT2D eigenvalue weighted by molar-refractivity contribution is -0.127. The van der Waals surface area contributed by atoms with E-state index in [1.54, 1.807) is 30.8 Å². The van der Waals surface area contributed by atoms with Crippen molar-refractivity contribution in [3.63, 3.8) is 0 Å². The molecular weight excluding hydrogens is 361 g/mol. The Labute approximate surface area is 162 Å². The number of thioether (sulfide) groups is 1. The highest BCUT2D eigenvalue weighted by molar-refractivity contribution is 7.98. The second-order valence-electron chi connectivity index (χ2n) is 6.17. The van der Waals surface area contributed by atoms with Gasteiger partial charge in [0.2, 0.25) is 0 Å². The van der Waals surface area contributed by atoms with E-state index in [0.717, 1.165) is 10.8 Å². The number of amides is 1. The minimum atomic E-state index is -0.590. The Morgan fingerprint density at radius 3 is 2.67 bits per heavy atom. The van der Waals surface area contributed by atoms with Crippen molar-refractivity contribution >= 4 is 28.4 Å². The van der Waals surface area contributed by atoms with E-state index in [1.165, 1.54) is 6.07 Å². The van der Waals surface area contributed by atoms with E-state index in [4.69, 9.17) is 4.74 Å². The van der Waals surface area contributed by atoms with Crippen LogP contribution in [0, 0.1) is 5.82 Å². The molecule has 0 aliphatic rings. The summed E-state index contributed by atoms with van der Waals surface area (Å²) in [5, 5.41) is 4.94. The van der Waals surface area contributed by atoms with E-state index >= 15 is 0 Å². The lowest BCUT2D eigenvalue weighted by Gasteiger charge is -2.16. The molecule has 140 valence electrons. The summed E-state index contributed by atoms with van der Waals surface area (Å²) in [7, 11) is 0. The van der Waals surface area contributed by atoms with Crippen LogP contribution in [0.15, 0.2) is 66.7 Å². The smallest absolute Gasteiger partial charge is 0.260 e. The molecule has 3 rings (SSSR count). The third-order valence-electron chi connectivity index (χ3n) is 4.18. The van der Waals surface area contributed by atoms with E-state index in [9.17, 15) is 9.18 Å². The van der Waals surface area contributed by atoms with E-state index in [0.29, 0.717) is 29.4 Å². The van der Waals surface area contributed by atoms with E-state index in [1.807, 2.05) is 48.5 Å². The third-order valence-corrected chi connectivity index (χ3v) is 5.19. The summed E-state index contributed by atoms with van der Waals surface area (Å²) >= 11 is 1.58. The molecule has 1 atom stereocenters. The summed E-state index contributed by atoms with van der Waals surface area (Å²) in [4.78, 5) is 12.3. The SMILES string of the molecule is CC(Oc1cccc2ccccc12)C(=O)NCCSCc1ccccc1F. The maximum atomic E-state index is 13.6. The number of hydrogen-bond acceptors (Lipinski definition) is 3. The molecule has 0 saturated carbocycles. The zero-order chi connectivity index (χ0) is 19.1. The van der Waals surface area contributed by atoms with Gasteiger partial charge in [0.1, 0.15) is 11.6 Å². The first-order valence-electron chi connectivity index (χ1n) is 8.88. The summed E-state index contributed by atoms with van der Waals surface area (Å²) in [6.07, 6.45) is -0.590. The lowest BCUT2D eigenvalue weighted by atomic mass is 10.1. The molecule has 1 N–H and O–H groups in total. The van der Waals surface area contributed by atoms with Gasteiger partial charge in [0.15, 0.2) is 6.10 Å². The van der Waals surface area contributed by atoms with Crippen molar-refractivity contribution in [1.29, 1.82) is 0 Å². The molecule has 0 fully saturated rings. The molecule has 0 aromatic heterocycles. The van der Waals surface area contributed by atoms with Crippen molar-refractivity contribution in [1.82, 2.24) is 5.32 Å². The zero-order valence-electron chi connectivity index (χ0n) is 15.2. The van der Waals surface area contributed by atoms with Crippen LogP contribution >= 0.6 is 11.8 Å². The monoisotopic (exact) mass is 383 g/mol. The third kappa shape index (κ3) is 5.23. The van der Waals surface area contributed by atoms with Crippen LogP contribution in [-0.2, 0) is 10.5 Å². The van der Waals surface area contributed by atoms with Crippen molar-refractivity contribution in [2.24, 2.45) is 0 Å². The quantitative estimate of drug-likeness (QED) is 0.568. The molecule has 0 aliphatic carbocycles. The Morgan fingerprint density at radius 1 is 1.07 bits per heavy atom. The minimum absolute atomic E-state index is 0.158. The number of carbonyl (C=O) groups excluding carboxylic acids is 1. The predicted octanol–water partition coefficient (Wildman–Crippen LogP) is 4.80. The van der Waals surface area contributed by atoms with Gasteiger partial charge in [-0.1, -0.05) is 54.6 Å². The van der Waals surface area contributed by atoms with Crippen LogP contribution in [0.1, 0.15) is 12.5 Å². The number of halogens is 1. The highest BCUT2D eigenvalue weighted by Crippen LogP contribution is 2.26. The Balaban J connectivity index is 1.44. The van der Waals surface area contributed by atoms with E-state index in [2.05, 4.69) is 5.32 Å². The van der Waals surface area contributed by atoms with Crippen molar-refractivity contribution in [2.45, 2.75) is 18.8 Å². The number of benzene rings is 3. The van der Waals surface area contributed by atoms with E-state index < -0.39 is 6.10 Å². The normalized spacial score (nSPS) is 11.9. The Bertz CT molecular complexity index is 910. The maximum absolute atomic E-state index is 13.6. The predicted molar refractivity (Wildman–Crippen MR) is 110 cm³/mol. The van der Waals surface area contributed by atoms with Crippen molar-refractivity contribution in [2.75, 3.05) is 12.3 Å². The van der Waals surface area contributed by atoms with Gasteiger partial charge in [0.05, 0.1) is 0 Å². The molecule has 5 heteroatoms. The first-order valence-corrected chi connectivity index (χ1v) is 10.0. The molecule has 1 amide bonds. The number of rotatable bonds is 8. The van der Waals surface area contributed by atoms with E-state index in [-0.39, 0.29) is 11.7 Å². The summed E-state index contributed by atoms with van der Waals surface area (Å²) in [6.45, 7) is 2.25. The first-order chi connectivity index (χ1) is 13.1. The van der Waals surface area contributed by atoms with Crippen LogP contribution in [-0.4, -0.2) is 24.3 Å². The van der Waals surface area contributed by atoms with Crippen LogP contribution in [0.2, 0.25) is 0 Å². The minimum Gasteiger partial charge on any atom is -0.480 e. The van der Waals surface area contributed by atoms with Crippen molar-refractivity contribution < 1.29 is 13.9 Å². The Morgan fingerprint density at radius 2 is 1.81 bits per heavy atom. The highest BCUT2D eigenvalue weighted by atomic mass is 32.2. The number of ether oxygens (including phenoxy) is 1. The molecular formula is C22H22FNO2S. The fraction of sp³-hybridized carbons (Fsp3) is 0.227. The molecule has 0 saturated heterocycles. The molecule has 3 aromatic carbocycles. The molecule has 0 heterocycles. The molecule has 0 spiro atoms. The second kappa shape index (κ2) is 9.42. The number of fused-ring (bicyclic) bond motifs is 1. The molecule has 1 unspecified atom stereocenters. The first kappa shape index (κ1) is 19.2. The second-order valence-corrected chi connectivity index (χ2v) is 7.28. The molecule has 3 aromatic rings. The van der Waals surface area contributed by atoms with Crippen LogP contribution < -0.4 is 10.1 Å². The van der Waals surface area contributed by atoms with Crippen LogP contribution in [0.4, 0.5) is 4.39 Å². The van der Waals surface area contributed by atoms with Gasteiger partial charge in [-0.25, -0.2) is 4.39 Å². The molecule has 0 radical (unpaired) electrons. The van der Waals surface area contributed by atoms with Crippen LogP contribution in [0.5, 0.6) is 5.75 Å². The molecule has 27 heavy (non-hydrogen) atoms. The van der Waals surface area contributed by atoms with Gasteiger partial charge in [-0.05, 0) is 30.0 Å². The van der Waals surface area contributed by atoms with Crippen LogP contribution in [0.3, 0.4) is 0 Å². The highest BCUT2D eigenvalue weighted by Gasteiger charge is 2.15. The number of hydrogen-bond donors (Lipinski definition) is 1. The largest absolute Gasteiger partial charge is 0.480 e. The summed E-state index contributed by atoms with van der Waals surface area (Å²) < 4.78 is 19.4. The van der Waals surface area contributed by atoms with Crippen LogP contribution in [0.25, 0.3) is 10.8 Å². The van der Waals surface area contributed by atoms with Gasteiger partial charge in [-0.3, -0.25) is 4.79 Å². The average molecular weight is 383 g/mol. The average Bonchev–Trinajstić information content (AvgIpc) is 2.69. The lowest BCUT2D eigenvalue weighted by Crippen LogP contribution is -2.37. The summed E-state index contributed by atoms with van der Waals surface area (Å²) in [5.41, 5.74) is 0.682. The Hall–Kier alpha value is -2.53. The van der Waals surface area contributed by atoms with Gasteiger partial charge in [-0.2, -0.15) is 11.8 Å². The van der Waals surface area contributed by atoms with Crippen molar-refractivity contribution in [3.05, 3.63) is 78.1 Å². The fourth-order valence-electron chi connectivity index (χ4n) is 2.73. The standard InChI is InChI=1S/C22H22FNO2S/c1-16(26-21-12-6-9-17-7-2-4-10-19(17)21)22(25)24-13-14-27-15-18-8-3-5-11-20(18)23/h2-12,16H,13-15H2,1H3,(H,24,25). The topological polar surface area (TPSA) is 38.3 Å². The van der Waals surface area contributed by atoms with Crippen molar-refractivity contribution in [3.8, 4) is 5.75 Å².